The standard InChI is InChI=1S/C35H41N5O3/c1-34(2,3)33(43)40(21-25-9-5-4-8-24(25)19-37-27-10-6-11-27)29(22-41)20-38-28-14-13-23-17-35(18-26(23)16-28)30-12-7-15-36-31(30)39-32(35)42/h4-5,7-9,12-16,22,27,29,37-38H,6,10-11,17-21H2,1-3H3,(H,36,39,42). The maximum absolute atomic E-state index is 13.7. The molecule has 1 fully saturated rings. The predicted molar refractivity (Wildman–Crippen MR) is 168 cm³/mol. The van der Waals surface area contributed by atoms with Gasteiger partial charge < -0.3 is 25.6 Å². The number of nitrogens with one attached hydrogen (secondary N) is 3. The molecule has 0 saturated heterocycles. The van der Waals surface area contributed by atoms with Gasteiger partial charge in [0.1, 0.15) is 18.1 Å². The van der Waals surface area contributed by atoms with Crippen LogP contribution in [0.4, 0.5) is 11.5 Å². The van der Waals surface area contributed by atoms with Crippen molar-refractivity contribution in [3.63, 3.8) is 0 Å². The maximum Gasteiger partial charge on any atom is 0.237 e. The molecule has 3 N–H and O–H groups in total. The third kappa shape index (κ3) is 5.68. The van der Waals surface area contributed by atoms with Gasteiger partial charge in [-0.25, -0.2) is 4.98 Å². The van der Waals surface area contributed by atoms with E-state index in [2.05, 4.69) is 45.2 Å². The van der Waals surface area contributed by atoms with Crippen LogP contribution in [0.15, 0.2) is 60.8 Å². The van der Waals surface area contributed by atoms with E-state index in [-0.39, 0.29) is 18.4 Å². The first-order valence-electron chi connectivity index (χ1n) is 15.4. The second-order valence-electron chi connectivity index (χ2n) is 13.3. The SMILES string of the molecule is CC(C)(C)C(=O)N(Cc1ccccc1CNC1CCC1)C(C=O)CNc1ccc2c(c1)CC1(C2)C(=O)Nc2ncccc21. The highest BCUT2D eigenvalue weighted by Crippen LogP contribution is 2.47. The first-order chi connectivity index (χ1) is 20.7. The highest BCUT2D eigenvalue weighted by atomic mass is 16.2. The molecule has 6 rings (SSSR count). The number of carbonyl (C=O) groups is 3. The summed E-state index contributed by atoms with van der Waals surface area (Å²) < 4.78 is 0. The molecule has 224 valence electrons. The van der Waals surface area contributed by atoms with Crippen LogP contribution >= 0.6 is 0 Å². The summed E-state index contributed by atoms with van der Waals surface area (Å²) in [6.45, 7) is 7.07. The minimum Gasteiger partial charge on any atom is -0.383 e. The molecule has 43 heavy (non-hydrogen) atoms. The van der Waals surface area contributed by atoms with E-state index >= 15 is 0 Å². The van der Waals surface area contributed by atoms with Crippen LogP contribution in [0.1, 0.15) is 67.9 Å². The molecule has 2 amide bonds. The smallest absolute Gasteiger partial charge is 0.237 e. The molecule has 2 heterocycles. The maximum atomic E-state index is 13.7. The van der Waals surface area contributed by atoms with Gasteiger partial charge in [0.25, 0.3) is 0 Å². The monoisotopic (exact) mass is 579 g/mol. The topological polar surface area (TPSA) is 103 Å². The minimum absolute atomic E-state index is 0.00701. The Hall–Kier alpha value is -4.04. The van der Waals surface area contributed by atoms with Crippen LogP contribution in [0.5, 0.6) is 0 Å². The largest absolute Gasteiger partial charge is 0.383 e. The Morgan fingerprint density at radius 1 is 1.09 bits per heavy atom. The van der Waals surface area contributed by atoms with Crippen molar-refractivity contribution in [1.82, 2.24) is 15.2 Å². The van der Waals surface area contributed by atoms with Crippen LogP contribution < -0.4 is 16.0 Å². The van der Waals surface area contributed by atoms with Crippen LogP contribution in [0.3, 0.4) is 0 Å². The third-order valence-corrected chi connectivity index (χ3v) is 9.30. The van der Waals surface area contributed by atoms with E-state index in [1.54, 1.807) is 11.1 Å². The Morgan fingerprint density at radius 3 is 2.58 bits per heavy atom. The molecule has 1 aromatic heterocycles. The molecule has 0 radical (unpaired) electrons. The molecule has 0 bridgehead atoms. The molecular weight excluding hydrogens is 538 g/mol. The summed E-state index contributed by atoms with van der Waals surface area (Å²) in [6.07, 6.45) is 7.49. The minimum atomic E-state index is -0.655. The van der Waals surface area contributed by atoms with Gasteiger partial charge in [-0.2, -0.15) is 0 Å². The molecule has 1 saturated carbocycles. The molecule has 8 nitrogen and oxygen atoms in total. The molecule has 1 aliphatic heterocycles. The Labute approximate surface area is 253 Å². The van der Waals surface area contributed by atoms with E-state index in [1.807, 2.05) is 51.1 Å². The number of benzene rings is 2. The molecular formula is C35H41N5O3. The van der Waals surface area contributed by atoms with Crippen LogP contribution in [0, 0.1) is 5.41 Å². The second-order valence-corrected chi connectivity index (χ2v) is 13.3. The number of pyridine rings is 1. The van der Waals surface area contributed by atoms with Crippen LogP contribution in [0.25, 0.3) is 0 Å². The second kappa shape index (κ2) is 11.6. The number of nitrogens with zero attached hydrogens (tertiary/aromatic N) is 2. The number of aldehydes is 1. The Bertz CT molecular complexity index is 1540. The van der Waals surface area contributed by atoms with E-state index in [4.69, 9.17) is 0 Å². The Kier molecular flexibility index (Phi) is 7.81. The average Bonchev–Trinajstić information content (AvgIpc) is 3.48. The first-order valence-corrected chi connectivity index (χ1v) is 15.4. The lowest BCUT2D eigenvalue weighted by atomic mass is 9.79. The molecule has 2 unspecified atom stereocenters. The summed E-state index contributed by atoms with van der Waals surface area (Å²) in [6, 6.07) is 18.1. The number of anilines is 2. The van der Waals surface area contributed by atoms with Crippen molar-refractivity contribution >= 4 is 29.6 Å². The molecule has 1 spiro atoms. The molecule has 3 aliphatic rings. The first kappa shape index (κ1) is 29.1. The zero-order chi connectivity index (χ0) is 30.2. The van der Waals surface area contributed by atoms with Crippen LogP contribution in [-0.4, -0.2) is 46.6 Å². The number of hydrogen-bond acceptors (Lipinski definition) is 6. The normalized spacial score (nSPS) is 19.7. The Balaban J connectivity index is 1.18. The lowest BCUT2D eigenvalue weighted by Crippen LogP contribution is -2.49. The molecule has 8 heteroatoms. The van der Waals surface area contributed by atoms with Gasteiger partial charge >= 0.3 is 0 Å². The van der Waals surface area contributed by atoms with E-state index in [0.717, 1.165) is 46.3 Å². The van der Waals surface area contributed by atoms with Crippen molar-refractivity contribution in [3.05, 3.63) is 88.6 Å². The fourth-order valence-corrected chi connectivity index (χ4v) is 6.54. The number of rotatable bonds is 10. The van der Waals surface area contributed by atoms with Gasteiger partial charge in [-0.05, 0) is 66.1 Å². The highest BCUT2D eigenvalue weighted by molar-refractivity contribution is 6.06. The summed E-state index contributed by atoms with van der Waals surface area (Å²) in [5.41, 5.74) is 4.98. The lowest BCUT2D eigenvalue weighted by molar-refractivity contribution is -0.144. The number of aromatic nitrogens is 1. The quantitative estimate of drug-likeness (QED) is 0.299. The number of fused-ring (bicyclic) bond motifs is 3. The van der Waals surface area contributed by atoms with Gasteiger partial charge in [0, 0.05) is 48.5 Å². The van der Waals surface area contributed by atoms with Crippen molar-refractivity contribution in [2.24, 2.45) is 5.41 Å². The third-order valence-electron chi connectivity index (χ3n) is 9.30. The van der Waals surface area contributed by atoms with Gasteiger partial charge in [0.15, 0.2) is 0 Å². The summed E-state index contributed by atoms with van der Waals surface area (Å²) in [5, 5.41) is 10.0. The van der Waals surface area contributed by atoms with Crippen molar-refractivity contribution < 1.29 is 14.4 Å². The van der Waals surface area contributed by atoms with Crippen molar-refractivity contribution in [2.75, 3.05) is 17.2 Å². The van der Waals surface area contributed by atoms with Crippen molar-refractivity contribution in [2.45, 2.75) is 83.5 Å². The van der Waals surface area contributed by atoms with Gasteiger partial charge in [0.2, 0.25) is 11.8 Å². The summed E-state index contributed by atoms with van der Waals surface area (Å²) in [4.78, 5) is 45.5. The number of carbonyl (C=O) groups excluding carboxylic acids is 3. The fraction of sp³-hybridized carbons (Fsp3) is 0.429. The fourth-order valence-electron chi connectivity index (χ4n) is 6.54. The van der Waals surface area contributed by atoms with E-state index in [1.165, 1.54) is 19.3 Å². The number of amides is 2. The lowest BCUT2D eigenvalue weighted by Gasteiger charge is -2.34. The van der Waals surface area contributed by atoms with Gasteiger partial charge in [-0.1, -0.05) is 63.6 Å². The molecule has 3 aromatic rings. The Morgan fingerprint density at radius 2 is 1.86 bits per heavy atom. The van der Waals surface area contributed by atoms with E-state index in [9.17, 15) is 14.4 Å². The van der Waals surface area contributed by atoms with Gasteiger partial charge in [0.05, 0.1) is 5.41 Å². The number of hydrogen-bond donors (Lipinski definition) is 3. The van der Waals surface area contributed by atoms with Gasteiger partial charge in [-0.15, -0.1) is 0 Å². The molecule has 2 aromatic carbocycles. The zero-order valence-electron chi connectivity index (χ0n) is 25.3. The van der Waals surface area contributed by atoms with Crippen molar-refractivity contribution in [1.29, 1.82) is 0 Å². The molecule has 2 aliphatic carbocycles. The van der Waals surface area contributed by atoms with Crippen LogP contribution in [-0.2, 0) is 45.7 Å². The zero-order valence-corrected chi connectivity index (χ0v) is 25.3. The average molecular weight is 580 g/mol. The van der Waals surface area contributed by atoms with E-state index in [0.29, 0.717) is 31.2 Å². The highest BCUT2D eigenvalue weighted by Gasteiger charge is 2.51. The summed E-state index contributed by atoms with van der Waals surface area (Å²) >= 11 is 0. The van der Waals surface area contributed by atoms with Crippen LogP contribution in [0.2, 0.25) is 0 Å². The summed E-state index contributed by atoms with van der Waals surface area (Å²) in [5.74, 6) is 0.576. The van der Waals surface area contributed by atoms with Crippen molar-refractivity contribution in [3.8, 4) is 0 Å². The van der Waals surface area contributed by atoms with E-state index < -0.39 is 16.9 Å². The van der Waals surface area contributed by atoms with Gasteiger partial charge in [-0.3, -0.25) is 9.59 Å². The molecule has 2 atom stereocenters. The summed E-state index contributed by atoms with van der Waals surface area (Å²) in [7, 11) is 0. The predicted octanol–water partition coefficient (Wildman–Crippen LogP) is 4.77.